The molecular formula is C23H29N3O6S. The number of anilines is 1. The van der Waals surface area contributed by atoms with Gasteiger partial charge in [-0.3, -0.25) is 14.4 Å². The van der Waals surface area contributed by atoms with Crippen LogP contribution in [0, 0.1) is 0 Å². The van der Waals surface area contributed by atoms with Crippen molar-refractivity contribution in [2.24, 2.45) is 5.73 Å². The van der Waals surface area contributed by atoms with Crippen molar-refractivity contribution in [3.8, 4) is 17.2 Å². The molecule has 1 aromatic carbocycles. The van der Waals surface area contributed by atoms with E-state index in [1.54, 1.807) is 17.0 Å². The van der Waals surface area contributed by atoms with Crippen LogP contribution in [-0.4, -0.2) is 49.0 Å². The monoisotopic (exact) mass is 475 g/mol. The van der Waals surface area contributed by atoms with Crippen LogP contribution in [0.1, 0.15) is 58.9 Å². The van der Waals surface area contributed by atoms with Gasteiger partial charge in [0.1, 0.15) is 5.00 Å². The minimum Gasteiger partial charge on any atom is -0.490 e. The van der Waals surface area contributed by atoms with E-state index in [0.29, 0.717) is 67.1 Å². The van der Waals surface area contributed by atoms with Gasteiger partial charge >= 0.3 is 0 Å². The van der Waals surface area contributed by atoms with Gasteiger partial charge in [-0.1, -0.05) is 0 Å². The van der Waals surface area contributed by atoms with Crippen molar-refractivity contribution in [1.29, 1.82) is 0 Å². The Hall–Kier alpha value is -3.27. The summed E-state index contributed by atoms with van der Waals surface area (Å²) in [5, 5.41) is 3.19. The predicted octanol–water partition coefficient (Wildman–Crippen LogP) is 3.20. The molecule has 178 valence electrons. The van der Waals surface area contributed by atoms with E-state index in [2.05, 4.69) is 5.32 Å². The Morgan fingerprint density at radius 2 is 1.67 bits per heavy atom. The van der Waals surface area contributed by atoms with E-state index in [0.717, 1.165) is 10.4 Å². The standard InChI is InChI=1S/C23H29N3O6S/c1-5-30-16-10-14(11-17(31-6-2)20(16)32-7-3)22(29)25-23-19(21(24)28)15-8-9-26(13(4)27)12-18(15)33-23/h10-11H,5-9,12H2,1-4H3,(H2,24,28)(H,25,29). The number of ether oxygens (including phenoxy) is 3. The van der Waals surface area contributed by atoms with E-state index in [1.807, 2.05) is 20.8 Å². The Morgan fingerprint density at radius 1 is 1.06 bits per heavy atom. The Bertz CT molecular complexity index is 1040. The van der Waals surface area contributed by atoms with Crippen LogP contribution < -0.4 is 25.3 Å². The van der Waals surface area contributed by atoms with Crippen molar-refractivity contribution in [1.82, 2.24) is 4.90 Å². The highest BCUT2D eigenvalue weighted by Crippen LogP contribution is 2.40. The van der Waals surface area contributed by atoms with Crippen LogP contribution in [0.2, 0.25) is 0 Å². The number of amides is 3. The largest absolute Gasteiger partial charge is 0.490 e. The van der Waals surface area contributed by atoms with Crippen molar-refractivity contribution in [2.45, 2.75) is 40.7 Å². The van der Waals surface area contributed by atoms with Crippen LogP contribution in [0.5, 0.6) is 17.2 Å². The van der Waals surface area contributed by atoms with Crippen molar-refractivity contribution in [3.05, 3.63) is 33.7 Å². The molecule has 1 aromatic heterocycles. The fourth-order valence-corrected chi connectivity index (χ4v) is 4.98. The number of carbonyl (C=O) groups excluding carboxylic acids is 3. The van der Waals surface area contributed by atoms with E-state index in [-0.39, 0.29) is 11.5 Å². The molecule has 1 aliphatic heterocycles. The molecular weight excluding hydrogens is 446 g/mol. The first-order valence-corrected chi connectivity index (χ1v) is 11.7. The fourth-order valence-electron chi connectivity index (χ4n) is 3.72. The number of nitrogens with two attached hydrogens (primary N) is 1. The third kappa shape index (κ3) is 5.22. The molecule has 0 spiro atoms. The van der Waals surface area contributed by atoms with Gasteiger partial charge in [0, 0.05) is 23.9 Å². The minimum absolute atomic E-state index is 0.0402. The highest BCUT2D eigenvalue weighted by Gasteiger charge is 2.29. The zero-order valence-electron chi connectivity index (χ0n) is 19.3. The van der Waals surface area contributed by atoms with Crippen LogP contribution in [0.4, 0.5) is 5.00 Å². The van der Waals surface area contributed by atoms with Crippen molar-refractivity contribution in [2.75, 3.05) is 31.7 Å². The normalized spacial score (nSPS) is 12.7. The van der Waals surface area contributed by atoms with Gasteiger partial charge in [0.2, 0.25) is 11.7 Å². The third-order valence-corrected chi connectivity index (χ3v) is 6.28. The van der Waals surface area contributed by atoms with Gasteiger partial charge < -0.3 is 30.2 Å². The van der Waals surface area contributed by atoms with Gasteiger partial charge in [0.15, 0.2) is 11.5 Å². The number of nitrogens with one attached hydrogen (secondary N) is 1. The summed E-state index contributed by atoms with van der Waals surface area (Å²) in [6.07, 6.45) is 0.506. The number of hydrogen-bond donors (Lipinski definition) is 2. The molecule has 10 heteroatoms. The third-order valence-electron chi connectivity index (χ3n) is 5.15. The molecule has 3 rings (SSSR count). The first-order valence-electron chi connectivity index (χ1n) is 10.9. The summed E-state index contributed by atoms with van der Waals surface area (Å²) in [7, 11) is 0. The maximum absolute atomic E-state index is 13.2. The lowest BCUT2D eigenvalue weighted by atomic mass is 10.0. The number of fused-ring (bicyclic) bond motifs is 1. The molecule has 33 heavy (non-hydrogen) atoms. The predicted molar refractivity (Wildman–Crippen MR) is 126 cm³/mol. The molecule has 2 aromatic rings. The second-order valence-corrected chi connectivity index (χ2v) is 8.42. The van der Waals surface area contributed by atoms with Crippen molar-refractivity contribution in [3.63, 3.8) is 0 Å². The molecule has 0 aliphatic carbocycles. The Balaban J connectivity index is 1.97. The summed E-state index contributed by atoms with van der Waals surface area (Å²) in [6.45, 7) is 9.09. The van der Waals surface area contributed by atoms with E-state index in [4.69, 9.17) is 19.9 Å². The summed E-state index contributed by atoms with van der Waals surface area (Å²) in [4.78, 5) is 39.7. The molecule has 0 atom stereocenters. The number of thiophene rings is 1. The number of carbonyl (C=O) groups is 3. The number of nitrogens with zero attached hydrogens (tertiary/aromatic N) is 1. The second-order valence-electron chi connectivity index (χ2n) is 7.32. The Labute approximate surface area is 196 Å². The molecule has 9 nitrogen and oxygen atoms in total. The highest BCUT2D eigenvalue weighted by molar-refractivity contribution is 7.17. The minimum atomic E-state index is -0.615. The fraction of sp³-hybridized carbons (Fsp3) is 0.435. The molecule has 0 saturated heterocycles. The first-order chi connectivity index (χ1) is 15.8. The average molecular weight is 476 g/mol. The van der Waals surface area contributed by atoms with Crippen LogP contribution in [-0.2, 0) is 17.8 Å². The lowest BCUT2D eigenvalue weighted by Gasteiger charge is -2.25. The summed E-state index contributed by atoms with van der Waals surface area (Å²) >= 11 is 1.26. The zero-order chi connectivity index (χ0) is 24.1. The van der Waals surface area contributed by atoms with Crippen molar-refractivity contribution < 1.29 is 28.6 Å². The maximum Gasteiger partial charge on any atom is 0.256 e. The summed E-state index contributed by atoms with van der Waals surface area (Å²) < 4.78 is 17.1. The van der Waals surface area contributed by atoms with Gasteiger partial charge in [-0.2, -0.15) is 0 Å². The van der Waals surface area contributed by atoms with Crippen molar-refractivity contribution >= 4 is 34.1 Å². The van der Waals surface area contributed by atoms with Crippen LogP contribution >= 0.6 is 11.3 Å². The molecule has 0 fully saturated rings. The maximum atomic E-state index is 13.2. The molecule has 3 amide bonds. The van der Waals surface area contributed by atoms with E-state index in [9.17, 15) is 14.4 Å². The number of primary amides is 1. The second kappa shape index (κ2) is 10.6. The Morgan fingerprint density at radius 3 is 2.18 bits per heavy atom. The molecule has 0 saturated carbocycles. The van der Waals surface area contributed by atoms with Gasteiger partial charge in [-0.05, 0) is 44.9 Å². The smallest absolute Gasteiger partial charge is 0.256 e. The quantitative estimate of drug-likeness (QED) is 0.575. The molecule has 3 N–H and O–H groups in total. The number of rotatable bonds is 9. The molecule has 1 aliphatic rings. The molecule has 0 unspecified atom stereocenters. The van der Waals surface area contributed by atoms with Gasteiger partial charge in [0.25, 0.3) is 11.8 Å². The summed E-state index contributed by atoms with van der Waals surface area (Å²) in [5.41, 5.74) is 7.03. The van der Waals surface area contributed by atoms with Crippen LogP contribution in [0.15, 0.2) is 12.1 Å². The molecule has 2 heterocycles. The summed E-state index contributed by atoms with van der Waals surface area (Å²) in [6, 6.07) is 3.17. The SMILES string of the molecule is CCOc1cc(C(=O)Nc2sc3c(c2C(N)=O)CCN(C(C)=O)C3)cc(OCC)c1OCC. The van der Waals surface area contributed by atoms with E-state index < -0.39 is 11.8 Å². The molecule has 0 bridgehead atoms. The number of benzene rings is 1. The van der Waals surface area contributed by atoms with Gasteiger partial charge in [-0.25, -0.2) is 0 Å². The average Bonchev–Trinajstić information content (AvgIpc) is 3.13. The zero-order valence-corrected chi connectivity index (χ0v) is 20.1. The first kappa shape index (κ1) is 24.4. The van der Waals surface area contributed by atoms with Gasteiger partial charge in [-0.15, -0.1) is 11.3 Å². The summed E-state index contributed by atoms with van der Waals surface area (Å²) in [5.74, 6) is 0.134. The topological polar surface area (TPSA) is 120 Å². The van der Waals surface area contributed by atoms with E-state index in [1.165, 1.54) is 18.3 Å². The van der Waals surface area contributed by atoms with E-state index >= 15 is 0 Å². The van der Waals surface area contributed by atoms with Gasteiger partial charge in [0.05, 0.1) is 31.9 Å². The Kier molecular flexibility index (Phi) is 7.80. The lowest BCUT2D eigenvalue weighted by molar-refractivity contribution is -0.129. The van der Waals surface area contributed by atoms with Crippen LogP contribution in [0.25, 0.3) is 0 Å². The van der Waals surface area contributed by atoms with Crippen LogP contribution in [0.3, 0.4) is 0 Å². The number of hydrogen-bond acceptors (Lipinski definition) is 7. The highest BCUT2D eigenvalue weighted by atomic mass is 32.1. The lowest BCUT2D eigenvalue weighted by Crippen LogP contribution is -2.34. The molecule has 0 radical (unpaired) electrons.